The molecule has 0 saturated heterocycles. The van der Waals surface area contributed by atoms with Gasteiger partial charge in [-0.05, 0) is 24.6 Å². The molecule has 27 heavy (non-hydrogen) atoms. The van der Waals surface area contributed by atoms with Gasteiger partial charge in [-0.3, -0.25) is 9.59 Å². The summed E-state index contributed by atoms with van der Waals surface area (Å²) in [4.78, 5) is 28.5. The van der Waals surface area contributed by atoms with Gasteiger partial charge in [0, 0.05) is 32.0 Å². The van der Waals surface area contributed by atoms with E-state index in [1.807, 2.05) is 42.5 Å². The number of para-hydroxylation sites is 2. The van der Waals surface area contributed by atoms with Crippen LogP contribution < -0.4 is 9.64 Å². The maximum Gasteiger partial charge on any atom is 0.260 e. The van der Waals surface area contributed by atoms with E-state index in [1.165, 1.54) is 0 Å². The van der Waals surface area contributed by atoms with E-state index < -0.39 is 0 Å². The monoisotopic (exact) mass is 368 g/mol. The van der Waals surface area contributed by atoms with E-state index in [1.54, 1.807) is 36.1 Å². The number of carbonyl (C=O) groups excluding carboxylic acids is 2. The van der Waals surface area contributed by atoms with Crippen molar-refractivity contribution in [3.63, 3.8) is 0 Å². The lowest BCUT2D eigenvalue weighted by molar-refractivity contribution is -0.137. The Morgan fingerprint density at radius 3 is 2.56 bits per heavy atom. The van der Waals surface area contributed by atoms with Crippen LogP contribution in [-0.2, 0) is 14.3 Å². The van der Waals surface area contributed by atoms with Crippen molar-refractivity contribution in [2.24, 2.45) is 0 Å². The molecular formula is C21H24N2O4. The normalized spacial score (nSPS) is 17.6. The molecule has 6 heteroatoms. The van der Waals surface area contributed by atoms with E-state index in [9.17, 15) is 9.59 Å². The Morgan fingerprint density at radius 2 is 1.81 bits per heavy atom. The van der Waals surface area contributed by atoms with Crippen molar-refractivity contribution < 1.29 is 19.1 Å². The number of rotatable bonds is 4. The molecule has 0 saturated carbocycles. The van der Waals surface area contributed by atoms with Gasteiger partial charge in [0.05, 0.1) is 6.10 Å². The number of nitrogens with zero attached hydrogens (tertiary/aromatic N) is 2. The molecular weight excluding hydrogens is 344 g/mol. The van der Waals surface area contributed by atoms with Crippen molar-refractivity contribution in [3.8, 4) is 5.75 Å². The van der Waals surface area contributed by atoms with E-state index in [0.717, 1.165) is 11.3 Å². The largest absolute Gasteiger partial charge is 0.484 e. The Bertz CT molecular complexity index is 794. The Balaban J connectivity index is 1.75. The molecule has 0 bridgehead atoms. The molecule has 0 N–H and O–H groups in total. The molecule has 1 atom stereocenters. The molecule has 0 fully saturated rings. The lowest BCUT2D eigenvalue weighted by Gasteiger charge is -2.24. The maximum absolute atomic E-state index is 12.7. The third kappa shape index (κ3) is 4.46. The summed E-state index contributed by atoms with van der Waals surface area (Å²) in [5.41, 5.74) is 1.76. The topological polar surface area (TPSA) is 59.1 Å². The predicted octanol–water partition coefficient (Wildman–Crippen LogP) is 2.65. The zero-order valence-corrected chi connectivity index (χ0v) is 15.6. The molecule has 1 heterocycles. The molecule has 2 amide bonds. The molecule has 0 spiro atoms. The van der Waals surface area contributed by atoms with Gasteiger partial charge >= 0.3 is 0 Å². The number of fused-ring (bicyclic) bond motifs is 1. The average molecular weight is 368 g/mol. The highest BCUT2D eigenvalue weighted by molar-refractivity contribution is 5.97. The van der Waals surface area contributed by atoms with Gasteiger partial charge in [-0.25, -0.2) is 0 Å². The fourth-order valence-corrected chi connectivity index (χ4v) is 3.19. The van der Waals surface area contributed by atoms with Gasteiger partial charge in [0.25, 0.3) is 5.91 Å². The Hall–Kier alpha value is -2.86. The fourth-order valence-electron chi connectivity index (χ4n) is 3.19. The molecule has 1 unspecified atom stereocenters. The fraction of sp³-hybridized carbons (Fsp3) is 0.333. The molecule has 3 rings (SSSR count). The number of methoxy groups -OCH3 is 1. The molecule has 1 aliphatic heterocycles. The van der Waals surface area contributed by atoms with E-state index >= 15 is 0 Å². The Kier molecular flexibility index (Phi) is 6.08. The first-order chi connectivity index (χ1) is 13.1. The second-order valence-electron chi connectivity index (χ2n) is 6.44. The smallest absolute Gasteiger partial charge is 0.260 e. The number of ether oxygens (including phenoxy) is 2. The summed E-state index contributed by atoms with van der Waals surface area (Å²) in [5, 5.41) is 0. The molecule has 0 radical (unpaired) electrons. The van der Waals surface area contributed by atoms with Crippen LogP contribution in [0.15, 0.2) is 54.6 Å². The summed E-state index contributed by atoms with van der Waals surface area (Å²) in [7, 11) is 3.37. The number of benzene rings is 2. The SMILES string of the molecule is COC1CCN(C(=O)COc2ccccc2)CC(=O)N(C)c2ccccc21. The van der Waals surface area contributed by atoms with Crippen molar-refractivity contribution in [1.29, 1.82) is 0 Å². The van der Waals surface area contributed by atoms with E-state index in [0.29, 0.717) is 18.7 Å². The van der Waals surface area contributed by atoms with Crippen molar-refractivity contribution in [1.82, 2.24) is 4.90 Å². The minimum Gasteiger partial charge on any atom is -0.484 e. The van der Waals surface area contributed by atoms with Crippen LogP contribution in [0, 0.1) is 0 Å². The van der Waals surface area contributed by atoms with Crippen LogP contribution in [0.3, 0.4) is 0 Å². The van der Waals surface area contributed by atoms with Gasteiger partial charge in [0.2, 0.25) is 5.91 Å². The Labute approximate surface area is 159 Å². The highest BCUT2D eigenvalue weighted by atomic mass is 16.5. The van der Waals surface area contributed by atoms with Crippen LogP contribution in [0.5, 0.6) is 5.75 Å². The van der Waals surface area contributed by atoms with Gasteiger partial charge in [0.15, 0.2) is 6.61 Å². The number of carbonyl (C=O) groups is 2. The van der Waals surface area contributed by atoms with Crippen molar-refractivity contribution in [2.45, 2.75) is 12.5 Å². The number of hydrogen-bond donors (Lipinski definition) is 0. The van der Waals surface area contributed by atoms with Crippen molar-refractivity contribution in [3.05, 3.63) is 60.2 Å². The van der Waals surface area contributed by atoms with E-state index in [2.05, 4.69) is 0 Å². The van der Waals surface area contributed by atoms with Crippen molar-refractivity contribution in [2.75, 3.05) is 38.8 Å². The zero-order valence-electron chi connectivity index (χ0n) is 15.6. The van der Waals surface area contributed by atoms with Crippen LogP contribution in [0.1, 0.15) is 18.1 Å². The van der Waals surface area contributed by atoms with Crippen LogP contribution in [-0.4, -0.2) is 50.6 Å². The van der Waals surface area contributed by atoms with Crippen LogP contribution in [0.25, 0.3) is 0 Å². The van der Waals surface area contributed by atoms with E-state index in [-0.39, 0.29) is 31.1 Å². The summed E-state index contributed by atoms with van der Waals surface area (Å²) < 4.78 is 11.2. The summed E-state index contributed by atoms with van der Waals surface area (Å²) in [6.07, 6.45) is 0.408. The van der Waals surface area contributed by atoms with Gasteiger partial charge in [-0.2, -0.15) is 0 Å². The van der Waals surface area contributed by atoms with Crippen LogP contribution in [0.4, 0.5) is 5.69 Å². The molecule has 0 aliphatic carbocycles. The third-order valence-corrected chi connectivity index (χ3v) is 4.75. The molecule has 2 aromatic rings. The number of anilines is 1. The van der Waals surface area contributed by atoms with Gasteiger partial charge in [-0.15, -0.1) is 0 Å². The lowest BCUT2D eigenvalue weighted by Crippen LogP contribution is -2.43. The maximum atomic E-state index is 12.7. The molecule has 0 aromatic heterocycles. The molecule has 2 aromatic carbocycles. The zero-order chi connectivity index (χ0) is 19.2. The summed E-state index contributed by atoms with van der Waals surface area (Å²) in [6.45, 7) is 0.327. The number of amides is 2. The van der Waals surface area contributed by atoms with E-state index in [4.69, 9.17) is 9.47 Å². The lowest BCUT2D eigenvalue weighted by atomic mass is 10.0. The first-order valence-corrected chi connectivity index (χ1v) is 8.94. The highest BCUT2D eigenvalue weighted by Gasteiger charge is 2.27. The first kappa shape index (κ1) is 18.9. The predicted molar refractivity (Wildman–Crippen MR) is 103 cm³/mol. The molecule has 142 valence electrons. The Morgan fingerprint density at radius 1 is 1.11 bits per heavy atom. The average Bonchev–Trinajstić information content (AvgIpc) is 2.76. The minimum atomic E-state index is -0.221. The standard InChI is InChI=1S/C21H24N2O4/c1-22-18-11-7-6-10-17(18)19(26-2)12-13-23(14-20(22)24)21(25)15-27-16-8-4-3-5-9-16/h3-11,19H,12-15H2,1-2H3. The molecule has 1 aliphatic rings. The van der Waals surface area contributed by atoms with Gasteiger partial charge in [0.1, 0.15) is 12.3 Å². The summed E-state index contributed by atoms with van der Waals surface area (Å²) in [6, 6.07) is 16.8. The highest BCUT2D eigenvalue weighted by Crippen LogP contribution is 2.31. The van der Waals surface area contributed by atoms with Gasteiger partial charge in [-0.1, -0.05) is 36.4 Å². The number of hydrogen-bond acceptors (Lipinski definition) is 4. The summed E-state index contributed by atoms with van der Waals surface area (Å²) >= 11 is 0. The molecule has 6 nitrogen and oxygen atoms in total. The van der Waals surface area contributed by atoms with Crippen molar-refractivity contribution >= 4 is 17.5 Å². The second-order valence-corrected chi connectivity index (χ2v) is 6.44. The minimum absolute atomic E-state index is 0.0122. The van der Waals surface area contributed by atoms with Gasteiger partial charge < -0.3 is 19.3 Å². The first-order valence-electron chi connectivity index (χ1n) is 8.94. The third-order valence-electron chi connectivity index (χ3n) is 4.75. The summed E-state index contributed by atoms with van der Waals surface area (Å²) in [5.74, 6) is 0.259. The number of likely N-dealkylation sites (N-methyl/N-ethyl adjacent to an activating group) is 1. The quantitative estimate of drug-likeness (QED) is 0.833. The van der Waals surface area contributed by atoms with Crippen LogP contribution >= 0.6 is 0 Å². The van der Waals surface area contributed by atoms with Crippen LogP contribution in [0.2, 0.25) is 0 Å². The second kappa shape index (κ2) is 8.68.